The standard InChI is InChI=1S/C35H44N6O6S/c1-25(39-34(43)31-22-30(28-12-8-5-9-13-28)18-20-41(31)21-19-38-48(3,45)46)33(42)37-23-26-14-16-29(17-15-26)32(36)40(2)35(44)47-24-27-10-6-4-7-11-27/h4-17,25,30-31,36,38H,18-24H2,1-3H3,(H,37,42)(H,39,43)/t25-,30-,31+/m0/s1. The Morgan fingerprint density at radius 2 is 1.62 bits per heavy atom. The number of likely N-dealkylation sites (tertiary alicyclic amines) is 1. The van der Waals surface area contributed by atoms with Crippen molar-refractivity contribution in [1.29, 1.82) is 5.41 Å². The molecule has 4 N–H and O–H groups in total. The number of nitrogens with zero attached hydrogens (tertiary/aromatic N) is 2. The van der Waals surface area contributed by atoms with Gasteiger partial charge in [0.05, 0.1) is 12.3 Å². The number of rotatable bonds is 13. The molecule has 1 aliphatic rings. The van der Waals surface area contributed by atoms with Gasteiger partial charge in [0.15, 0.2) is 0 Å². The minimum absolute atomic E-state index is 0.0293. The van der Waals surface area contributed by atoms with E-state index in [2.05, 4.69) is 15.4 Å². The van der Waals surface area contributed by atoms with Gasteiger partial charge in [0, 0.05) is 32.2 Å². The summed E-state index contributed by atoms with van der Waals surface area (Å²) in [6.07, 6.45) is 1.83. The van der Waals surface area contributed by atoms with Crippen LogP contribution in [0.3, 0.4) is 0 Å². The molecule has 0 spiro atoms. The number of nitrogens with one attached hydrogen (secondary N) is 4. The number of amides is 3. The number of carbonyl (C=O) groups excluding carboxylic acids is 3. The summed E-state index contributed by atoms with van der Waals surface area (Å²) in [6.45, 7) is 3.08. The van der Waals surface area contributed by atoms with Gasteiger partial charge in [-0.05, 0) is 48.9 Å². The molecule has 3 amide bonds. The zero-order chi connectivity index (χ0) is 34.7. The topological polar surface area (TPSA) is 161 Å². The number of carbonyl (C=O) groups is 3. The summed E-state index contributed by atoms with van der Waals surface area (Å²) in [5, 5.41) is 14.1. The van der Waals surface area contributed by atoms with Crippen molar-refractivity contribution in [2.24, 2.45) is 0 Å². The highest BCUT2D eigenvalue weighted by molar-refractivity contribution is 7.88. The van der Waals surface area contributed by atoms with Crippen LogP contribution in [0.25, 0.3) is 0 Å². The van der Waals surface area contributed by atoms with Crippen LogP contribution < -0.4 is 15.4 Å². The van der Waals surface area contributed by atoms with Crippen molar-refractivity contribution in [3.63, 3.8) is 0 Å². The lowest BCUT2D eigenvalue weighted by Gasteiger charge is -2.39. The van der Waals surface area contributed by atoms with Crippen LogP contribution in [0.5, 0.6) is 0 Å². The number of ether oxygens (including phenoxy) is 1. The van der Waals surface area contributed by atoms with Gasteiger partial charge in [-0.15, -0.1) is 0 Å². The fourth-order valence-corrected chi connectivity index (χ4v) is 6.02. The normalized spacial score (nSPS) is 17.1. The molecule has 48 heavy (non-hydrogen) atoms. The van der Waals surface area contributed by atoms with E-state index in [4.69, 9.17) is 10.1 Å². The van der Waals surface area contributed by atoms with Gasteiger partial charge in [-0.2, -0.15) is 0 Å². The van der Waals surface area contributed by atoms with E-state index in [1.165, 1.54) is 7.05 Å². The van der Waals surface area contributed by atoms with Gasteiger partial charge in [0.2, 0.25) is 21.8 Å². The van der Waals surface area contributed by atoms with Crippen LogP contribution in [0.2, 0.25) is 0 Å². The number of hydrogen-bond acceptors (Lipinski definition) is 8. The molecule has 1 heterocycles. The molecule has 1 fully saturated rings. The van der Waals surface area contributed by atoms with Crippen LogP contribution in [-0.2, 0) is 37.5 Å². The van der Waals surface area contributed by atoms with Crippen LogP contribution in [0, 0.1) is 5.41 Å². The third kappa shape index (κ3) is 10.7. The Labute approximate surface area is 282 Å². The molecule has 256 valence electrons. The van der Waals surface area contributed by atoms with Crippen molar-refractivity contribution in [2.45, 2.75) is 50.9 Å². The van der Waals surface area contributed by atoms with Crippen LogP contribution >= 0.6 is 0 Å². The molecule has 0 unspecified atom stereocenters. The molecule has 0 aliphatic carbocycles. The van der Waals surface area contributed by atoms with Gasteiger partial charge < -0.3 is 15.4 Å². The van der Waals surface area contributed by atoms with E-state index in [1.54, 1.807) is 31.2 Å². The first-order valence-electron chi connectivity index (χ1n) is 15.8. The third-order valence-electron chi connectivity index (χ3n) is 8.31. The lowest BCUT2D eigenvalue weighted by atomic mass is 9.85. The number of sulfonamides is 1. The Kier molecular flexibility index (Phi) is 12.8. The maximum absolute atomic E-state index is 13.5. The maximum Gasteiger partial charge on any atom is 0.415 e. The van der Waals surface area contributed by atoms with E-state index in [-0.39, 0.29) is 43.3 Å². The van der Waals surface area contributed by atoms with Crippen molar-refractivity contribution in [3.8, 4) is 0 Å². The van der Waals surface area contributed by atoms with Crippen molar-refractivity contribution in [1.82, 2.24) is 25.2 Å². The maximum atomic E-state index is 13.5. The smallest absolute Gasteiger partial charge is 0.415 e. The van der Waals surface area contributed by atoms with Crippen molar-refractivity contribution in [2.75, 3.05) is 32.9 Å². The molecular weight excluding hydrogens is 632 g/mol. The second kappa shape index (κ2) is 17.0. The first-order chi connectivity index (χ1) is 22.9. The van der Waals surface area contributed by atoms with Crippen LogP contribution in [0.1, 0.15) is 47.9 Å². The number of amidine groups is 1. The lowest BCUT2D eigenvalue weighted by molar-refractivity contribution is -0.132. The zero-order valence-electron chi connectivity index (χ0n) is 27.5. The van der Waals surface area contributed by atoms with Crippen molar-refractivity contribution >= 4 is 33.8 Å². The van der Waals surface area contributed by atoms with Crippen LogP contribution in [-0.4, -0.2) is 87.0 Å². The second-order valence-corrected chi connectivity index (χ2v) is 13.8. The fourth-order valence-electron chi connectivity index (χ4n) is 5.56. The molecule has 0 saturated carbocycles. The summed E-state index contributed by atoms with van der Waals surface area (Å²) in [5.41, 5.74) is 3.27. The van der Waals surface area contributed by atoms with Gasteiger partial charge in [-0.1, -0.05) is 84.9 Å². The largest absolute Gasteiger partial charge is 0.444 e. The zero-order valence-corrected chi connectivity index (χ0v) is 28.3. The van der Waals surface area contributed by atoms with Gasteiger partial charge in [0.1, 0.15) is 18.5 Å². The summed E-state index contributed by atoms with van der Waals surface area (Å²) < 4.78 is 31.0. The molecule has 3 aromatic carbocycles. The number of hydrogen-bond donors (Lipinski definition) is 4. The SMILES string of the molecule is C[C@H](NC(=O)[C@H]1C[C@@H](c2ccccc2)CCN1CCNS(C)(=O)=O)C(=O)NCc1ccc(C(=N)N(C)C(=O)OCc2ccccc2)cc1. The third-order valence-corrected chi connectivity index (χ3v) is 9.04. The highest BCUT2D eigenvalue weighted by Crippen LogP contribution is 2.31. The molecule has 1 aliphatic heterocycles. The number of piperidine rings is 1. The molecule has 13 heteroatoms. The van der Waals surface area contributed by atoms with E-state index in [9.17, 15) is 22.8 Å². The van der Waals surface area contributed by atoms with E-state index in [0.29, 0.717) is 25.1 Å². The first kappa shape index (κ1) is 36.2. The van der Waals surface area contributed by atoms with E-state index >= 15 is 0 Å². The van der Waals surface area contributed by atoms with Crippen molar-refractivity contribution in [3.05, 3.63) is 107 Å². The minimum Gasteiger partial charge on any atom is -0.444 e. The highest BCUT2D eigenvalue weighted by atomic mass is 32.2. The molecular formula is C35H44N6O6S. The lowest BCUT2D eigenvalue weighted by Crippen LogP contribution is -2.56. The fraction of sp³-hybridized carbons (Fsp3) is 0.371. The van der Waals surface area contributed by atoms with Gasteiger partial charge >= 0.3 is 6.09 Å². The molecule has 0 radical (unpaired) electrons. The Morgan fingerprint density at radius 1 is 0.979 bits per heavy atom. The average Bonchev–Trinajstić information content (AvgIpc) is 3.09. The van der Waals surface area contributed by atoms with Crippen LogP contribution in [0.15, 0.2) is 84.9 Å². The Bertz CT molecular complexity index is 1650. The van der Waals surface area contributed by atoms with Crippen molar-refractivity contribution < 1.29 is 27.5 Å². The molecule has 3 aromatic rings. The minimum atomic E-state index is -3.36. The van der Waals surface area contributed by atoms with Crippen LogP contribution in [0.4, 0.5) is 4.79 Å². The number of benzene rings is 3. The molecule has 0 bridgehead atoms. The second-order valence-electron chi connectivity index (χ2n) is 11.9. The van der Waals surface area contributed by atoms with Gasteiger partial charge in [-0.25, -0.2) is 17.9 Å². The predicted molar refractivity (Wildman–Crippen MR) is 184 cm³/mol. The van der Waals surface area contributed by atoms with E-state index in [0.717, 1.165) is 34.3 Å². The Balaban J connectivity index is 1.28. The summed E-state index contributed by atoms with van der Waals surface area (Å²) in [4.78, 5) is 42.1. The summed E-state index contributed by atoms with van der Waals surface area (Å²) in [6, 6.07) is 24.8. The molecule has 0 aromatic heterocycles. The monoisotopic (exact) mass is 676 g/mol. The van der Waals surface area contributed by atoms with E-state index in [1.807, 2.05) is 65.6 Å². The van der Waals surface area contributed by atoms with Gasteiger partial charge in [0.25, 0.3) is 0 Å². The average molecular weight is 677 g/mol. The molecule has 12 nitrogen and oxygen atoms in total. The summed E-state index contributed by atoms with van der Waals surface area (Å²) in [7, 11) is -1.89. The van der Waals surface area contributed by atoms with Gasteiger partial charge in [-0.3, -0.25) is 24.8 Å². The quantitative estimate of drug-likeness (QED) is 0.160. The first-order valence-corrected chi connectivity index (χ1v) is 17.7. The highest BCUT2D eigenvalue weighted by Gasteiger charge is 2.35. The van der Waals surface area contributed by atoms with E-state index < -0.39 is 28.2 Å². The summed E-state index contributed by atoms with van der Waals surface area (Å²) in [5.74, 6) is -0.513. The Morgan fingerprint density at radius 3 is 2.27 bits per heavy atom. The Hall–Kier alpha value is -4.59. The summed E-state index contributed by atoms with van der Waals surface area (Å²) >= 11 is 0. The molecule has 3 atom stereocenters. The predicted octanol–water partition coefficient (Wildman–Crippen LogP) is 3.20. The molecule has 4 rings (SSSR count). The molecule has 1 saturated heterocycles.